The Kier molecular flexibility index (Phi) is 5.07. The predicted molar refractivity (Wildman–Crippen MR) is 76.2 cm³/mol. The third kappa shape index (κ3) is 4.23. The van der Waals surface area contributed by atoms with E-state index in [2.05, 4.69) is 4.72 Å². The fourth-order valence-corrected chi connectivity index (χ4v) is 2.87. The van der Waals surface area contributed by atoms with Crippen LogP contribution in [0.2, 0.25) is 0 Å². The molecule has 1 aromatic carbocycles. The Morgan fingerprint density at radius 3 is 2.64 bits per heavy atom. The maximum absolute atomic E-state index is 12.2. The fraction of sp³-hybridized carbons (Fsp3) is 0.286. The van der Waals surface area contributed by atoms with Gasteiger partial charge in [-0.1, -0.05) is 18.2 Å². The van der Waals surface area contributed by atoms with Gasteiger partial charge in [-0.15, -0.1) is 0 Å². The number of ketones is 1. The summed E-state index contributed by atoms with van der Waals surface area (Å²) < 4.78 is 36.6. The number of nitrogens with one attached hydrogen (secondary N) is 1. The molecule has 1 aromatic rings. The van der Waals surface area contributed by atoms with E-state index in [-0.39, 0.29) is 11.5 Å². The molecule has 0 aliphatic carbocycles. The lowest BCUT2D eigenvalue weighted by Gasteiger charge is -2.25. The van der Waals surface area contributed by atoms with Crippen LogP contribution >= 0.6 is 0 Å². The standard InChI is InChI=1S/C14H15NO6S/c1-10(16)20-9-11-7-8-13(17)14(21-11)15-22(18,19)12-5-3-2-4-6-12/h2-8,11,14-15H,9H2,1H3/t11-,14-/m0/s1. The van der Waals surface area contributed by atoms with E-state index in [1.807, 2.05) is 0 Å². The number of carbonyl (C=O) groups is 2. The van der Waals surface area contributed by atoms with E-state index in [0.29, 0.717) is 0 Å². The predicted octanol–water partition coefficient (Wildman–Crippen LogP) is 0.378. The zero-order valence-electron chi connectivity index (χ0n) is 11.8. The van der Waals surface area contributed by atoms with E-state index >= 15 is 0 Å². The molecule has 2 atom stereocenters. The molecule has 1 aliphatic heterocycles. The van der Waals surface area contributed by atoms with Crippen molar-refractivity contribution in [2.24, 2.45) is 0 Å². The van der Waals surface area contributed by atoms with Crippen LogP contribution in [0.4, 0.5) is 0 Å². The molecule has 1 aliphatic rings. The third-order valence-electron chi connectivity index (χ3n) is 2.81. The number of hydrogen-bond acceptors (Lipinski definition) is 6. The van der Waals surface area contributed by atoms with Gasteiger partial charge in [-0.3, -0.25) is 9.59 Å². The molecule has 0 fully saturated rings. The van der Waals surface area contributed by atoms with Crippen molar-refractivity contribution in [3.05, 3.63) is 42.5 Å². The van der Waals surface area contributed by atoms with Crippen molar-refractivity contribution in [3.8, 4) is 0 Å². The summed E-state index contributed by atoms with van der Waals surface area (Å²) in [6, 6.07) is 7.63. The van der Waals surface area contributed by atoms with Gasteiger partial charge in [-0.25, -0.2) is 8.42 Å². The van der Waals surface area contributed by atoms with Crippen molar-refractivity contribution >= 4 is 21.8 Å². The lowest BCUT2D eigenvalue weighted by molar-refractivity contribution is -0.147. The second kappa shape index (κ2) is 6.82. The average molecular weight is 325 g/mol. The Morgan fingerprint density at radius 1 is 1.32 bits per heavy atom. The second-order valence-electron chi connectivity index (χ2n) is 4.55. The maximum Gasteiger partial charge on any atom is 0.302 e. The van der Waals surface area contributed by atoms with Gasteiger partial charge in [0.25, 0.3) is 0 Å². The largest absolute Gasteiger partial charge is 0.463 e. The molecule has 0 amide bonds. The Bertz CT molecular complexity index is 683. The second-order valence-corrected chi connectivity index (χ2v) is 6.27. The number of esters is 1. The SMILES string of the molecule is CC(=O)OC[C@@H]1C=CC(=O)[C@@H](NS(=O)(=O)c2ccccc2)O1. The highest BCUT2D eigenvalue weighted by Gasteiger charge is 2.30. The molecule has 22 heavy (non-hydrogen) atoms. The van der Waals surface area contributed by atoms with E-state index in [1.165, 1.54) is 31.2 Å². The molecule has 0 bridgehead atoms. The number of hydrogen-bond donors (Lipinski definition) is 1. The van der Waals surface area contributed by atoms with Crippen LogP contribution in [0.3, 0.4) is 0 Å². The minimum atomic E-state index is -3.89. The van der Waals surface area contributed by atoms with Gasteiger partial charge in [0.05, 0.1) is 4.90 Å². The van der Waals surface area contributed by atoms with Crippen LogP contribution in [0.5, 0.6) is 0 Å². The monoisotopic (exact) mass is 325 g/mol. The van der Waals surface area contributed by atoms with Crippen molar-refractivity contribution in [1.82, 2.24) is 4.72 Å². The van der Waals surface area contributed by atoms with Gasteiger partial charge in [-0.05, 0) is 24.3 Å². The highest BCUT2D eigenvalue weighted by atomic mass is 32.2. The fourth-order valence-electron chi connectivity index (χ4n) is 1.77. The summed E-state index contributed by atoms with van der Waals surface area (Å²) in [4.78, 5) is 22.5. The van der Waals surface area contributed by atoms with Crippen molar-refractivity contribution in [3.63, 3.8) is 0 Å². The minimum Gasteiger partial charge on any atom is -0.463 e. The van der Waals surface area contributed by atoms with Gasteiger partial charge < -0.3 is 9.47 Å². The molecule has 0 aromatic heterocycles. The molecule has 1 heterocycles. The average Bonchev–Trinajstić information content (AvgIpc) is 2.48. The summed E-state index contributed by atoms with van der Waals surface area (Å²) in [5, 5.41) is 0. The molecule has 118 valence electrons. The number of rotatable bonds is 5. The molecule has 1 N–H and O–H groups in total. The van der Waals surface area contributed by atoms with E-state index in [4.69, 9.17) is 9.47 Å². The normalized spacial score (nSPS) is 21.6. The summed E-state index contributed by atoms with van der Waals surface area (Å²) in [5.74, 6) is -1.02. The zero-order valence-corrected chi connectivity index (χ0v) is 12.6. The van der Waals surface area contributed by atoms with E-state index in [1.54, 1.807) is 18.2 Å². The summed E-state index contributed by atoms with van der Waals surface area (Å²) >= 11 is 0. The van der Waals surface area contributed by atoms with Gasteiger partial charge in [0, 0.05) is 6.92 Å². The first-order valence-electron chi connectivity index (χ1n) is 6.47. The lowest BCUT2D eigenvalue weighted by Crippen LogP contribution is -2.46. The van der Waals surface area contributed by atoms with Gasteiger partial charge in [0.2, 0.25) is 10.0 Å². The highest BCUT2D eigenvalue weighted by Crippen LogP contribution is 2.13. The number of carbonyl (C=O) groups excluding carboxylic acids is 2. The number of sulfonamides is 1. The third-order valence-corrected chi connectivity index (χ3v) is 4.23. The number of ether oxygens (including phenoxy) is 2. The van der Waals surface area contributed by atoms with Gasteiger partial charge >= 0.3 is 5.97 Å². The molecule has 0 spiro atoms. The molecule has 7 nitrogen and oxygen atoms in total. The number of benzene rings is 1. The van der Waals surface area contributed by atoms with Crippen LogP contribution in [0.15, 0.2) is 47.4 Å². The quantitative estimate of drug-likeness (QED) is 0.786. The van der Waals surface area contributed by atoms with Gasteiger partial charge in [-0.2, -0.15) is 4.72 Å². The van der Waals surface area contributed by atoms with E-state index in [9.17, 15) is 18.0 Å². The molecule has 2 rings (SSSR count). The molecule has 0 radical (unpaired) electrons. The van der Waals surface area contributed by atoms with Crippen LogP contribution in [0, 0.1) is 0 Å². The van der Waals surface area contributed by atoms with Crippen molar-refractivity contribution < 1.29 is 27.5 Å². The van der Waals surface area contributed by atoms with Crippen LogP contribution in [0.25, 0.3) is 0 Å². The maximum atomic E-state index is 12.2. The topological polar surface area (TPSA) is 98.8 Å². The molecular weight excluding hydrogens is 310 g/mol. The van der Waals surface area contributed by atoms with Crippen LogP contribution in [-0.4, -0.2) is 39.1 Å². The van der Waals surface area contributed by atoms with E-state index in [0.717, 1.165) is 0 Å². The van der Waals surface area contributed by atoms with Crippen molar-refractivity contribution in [2.75, 3.05) is 6.61 Å². The van der Waals surface area contributed by atoms with Crippen LogP contribution in [-0.2, 0) is 29.1 Å². The Morgan fingerprint density at radius 2 is 2.00 bits per heavy atom. The first-order valence-corrected chi connectivity index (χ1v) is 7.95. The minimum absolute atomic E-state index is 0.0255. The lowest BCUT2D eigenvalue weighted by atomic mass is 10.2. The molecule has 0 saturated heterocycles. The van der Waals surface area contributed by atoms with E-state index < -0.39 is 34.1 Å². The van der Waals surface area contributed by atoms with Crippen LogP contribution < -0.4 is 4.72 Å². The first-order chi connectivity index (χ1) is 10.4. The van der Waals surface area contributed by atoms with Gasteiger partial charge in [0.1, 0.15) is 12.7 Å². The Hall–Kier alpha value is -2.03. The Balaban J connectivity index is 2.07. The summed E-state index contributed by atoms with van der Waals surface area (Å²) in [6.45, 7) is 1.15. The highest BCUT2D eigenvalue weighted by molar-refractivity contribution is 7.89. The smallest absolute Gasteiger partial charge is 0.302 e. The molecular formula is C14H15NO6S. The van der Waals surface area contributed by atoms with Crippen molar-refractivity contribution in [2.45, 2.75) is 24.2 Å². The summed E-state index contributed by atoms with van der Waals surface area (Å²) in [6.07, 6.45) is 0.579. The molecule has 8 heteroatoms. The van der Waals surface area contributed by atoms with Crippen molar-refractivity contribution in [1.29, 1.82) is 0 Å². The Labute approximate surface area is 128 Å². The van der Waals surface area contributed by atoms with Gasteiger partial charge in [0.15, 0.2) is 12.0 Å². The summed E-state index contributed by atoms with van der Waals surface area (Å²) in [7, 11) is -3.89. The molecule has 0 saturated carbocycles. The zero-order chi connectivity index (χ0) is 16.2. The van der Waals surface area contributed by atoms with Crippen LogP contribution in [0.1, 0.15) is 6.92 Å². The summed E-state index contributed by atoms with van der Waals surface area (Å²) in [5.41, 5.74) is 0. The first kappa shape index (κ1) is 16.3. The molecule has 0 unspecified atom stereocenters.